The second kappa shape index (κ2) is 7.25. The van der Waals surface area contributed by atoms with Gasteiger partial charge in [-0.05, 0) is 24.7 Å². The smallest absolute Gasteiger partial charge is 0.246 e. The van der Waals surface area contributed by atoms with Crippen LogP contribution in [0.1, 0.15) is 48.0 Å². The van der Waals surface area contributed by atoms with E-state index in [1.54, 1.807) is 11.8 Å². The Kier molecular flexibility index (Phi) is 6.20. The van der Waals surface area contributed by atoms with E-state index >= 15 is 0 Å². The molecule has 1 aliphatic heterocycles. The molecule has 21 heavy (non-hydrogen) atoms. The van der Waals surface area contributed by atoms with Crippen molar-refractivity contribution in [2.75, 3.05) is 19.8 Å². The molecule has 1 rings (SSSR count). The molecule has 1 fully saturated rings. The van der Waals surface area contributed by atoms with E-state index in [-0.39, 0.29) is 17.2 Å². The van der Waals surface area contributed by atoms with Crippen LogP contribution in [0.5, 0.6) is 0 Å². The van der Waals surface area contributed by atoms with Crippen molar-refractivity contribution in [2.24, 2.45) is 11.3 Å². The minimum Gasteiger partial charge on any atom is -0.381 e. The average molecular weight is 298 g/mol. The molecule has 2 atom stereocenters. The number of nitrogens with zero attached hydrogens (tertiary/aromatic N) is 1. The van der Waals surface area contributed by atoms with Crippen LogP contribution in [0, 0.1) is 11.3 Å². The maximum atomic E-state index is 12.6. The topological polar surface area (TPSA) is 58.6 Å². The maximum absolute atomic E-state index is 12.6. The third kappa shape index (κ3) is 4.99. The summed E-state index contributed by atoms with van der Waals surface area (Å²) in [6.45, 7) is 13.8. The highest BCUT2D eigenvalue weighted by Gasteiger charge is 2.43. The maximum Gasteiger partial charge on any atom is 0.246 e. The van der Waals surface area contributed by atoms with E-state index in [4.69, 9.17) is 4.74 Å². The Morgan fingerprint density at radius 2 is 1.90 bits per heavy atom. The molecule has 1 N–H and O–H groups in total. The fourth-order valence-electron chi connectivity index (χ4n) is 2.37. The van der Waals surface area contributed by atoms with Gasteiger partial charge >= 0.3 is 0 Å². The molecule has 0 radical (unpaired) electrons. The number of rotatable bonds is 6. The van der Waals surface area contributed by atoms with Gasteiger partial charge < -0.3 is 15.0 Å². The summed E-state index contributed by atoms with van der Waals surface area (Å²) in [5, 5.41) is 2.84. The summed E-state index contributed by atoms with van der Waals surface area (Å²) >= 11 is 0. The predicted molar refractivity (Wildman–Crippen MR) is 82.8 cm³/mol. The summed E-state index contributed by atoms with van der Waals surface area (Å²) in [4.78, 5) is 26.3. The van der Waals surface area contributed by atoms with Gasteiger partial charge in [-0.2, -0.15) is 0 Å². The van der Waals surface area contributed by atoms with Crippen LogP contribution in [-0.2, 0) is 14.3 Å². The Morgan fingerprint density at radius 1 is 1.29 bits per heavy atom. The Hall–Kier alpha value is -1.10. The summed E-state index contributed by atoms with van der Waals surface area (Å²) in [6.07, 6.45) is 0.757. The number of hydrogen-bond donors (Lipinski definition) is 1. The number of carbonyl (C=O) groups is 2. The largest absolute Gasteiger partial charge is 0.381 e. The normalized spacial score (nSPS) is 23.7. The summed E-state index contributed by atoms with van der Waals surface area (Å²) in [5.74, 6) is 0.452. The molecular formula is C16H30N2O3. The first kappa shape index (κ1) is 18.0. The fourth-order valence-corrected chi connectivity index (χ4v) is 2.37. The Bertz CT molecular complexity index is 374. The molecule has 5 heteroatoms. The minimum atomic E-state index is -0.446. The Morgan fingerprint density at radius 3 is 2.43 bits per heavy atom. The average Bonchev–Trinajstić information content (AvgIpc) is 2.35. The first-order chi connectivity index (χ1) is 9.64. The molecule has 0 aliphatic carbocycles. The van der Waals surface area contributed by atoms with Crippen LogP contribution in [0.2, 0.25) is 0 Å². The van der Waals surface area contributed by atoms with Crippen LogP contribution < -0.4 is 5.32 Å². The van der Waals surface area contributed by atoms with E-state index in [1.165, 1.54) is 0 Å². The van der Waals surface area contributed by atoms with Gasteiger partial charge in [-0.25, -0.2) is 0 Å². The molecule has 0 aromatic heterocycles. The minimum absolute atomic E-state index is 0.0125. The number of carbonyl (C=O) groups excluding carboxylic acids is 2. The van der Waals surface area contributed by atoms with E-state index in [9.17, 15) is 9.59 Å². The highest BCUT2D eigenvalue weighted by Crippen LogP contribution is 2.25. The van der Waals surface area contributed by atoms with Crippen LogP contribution in [0.25, 0.3) is 0 Å². The molecule has 122 valence electrons. The van der Waals surface area contributed by atoms with Gasteiger partial charge in [0.15, 0.2) is 0 Å². The van der Waals surface area contributed by atoms with Gasteiger partial charge in [0, 0.05) is 19.8 Å². The van der Waals surface area contributed by atoms with Crippen molar-refractivity contribution in [3.05, 3.63) is 0 Å². The van der Waals surface area contributed by atoms with Crippen molar-refractivity contribution in [1.82, 2.24) is 10.2 Å². The molecule has 1 aliphatic rings. The van der Waals surface area contributed by atoms with E-state index in [0.717, 1.165) is 13.0 Å². The first-order valence-corrected chi connectivity index (χ1v) is 7.83. The summed E-state index contributed by atoms with van der Waals surface area (Å²) in [7, 11) is 0. The predicted octanol–water partition coefficient (Wildman–Crippen LogP) is 1.81. The molecule has 0 saturated carbocycles. The van der Waals surface area contributed by atoms with Gasteiger partial charge in [0.1, 0.15) is 12.1 Å². The number of hydrogen-bond acceptors (Lipinski definition) is 3. The number of nitrogens with one attached hydrogen (secondary N) is 1. The van der Waals surface area contributed by atoms with E-state index in [2.05, 4.69) is 19.2 Å². The highest BCUT2D eigenvalue weighted by molar-refractivity contribution is 5.97. The molecule has 1 saturated heterocycles. The molecule has 0 aromatic rings. The van der Waals surface area contributed by atoms with Gasteiger partial charge in [0.2, 0.25) is 11.8 Å². The van der Waals surface area contributed by atoms with Crippen molar-refractivity contribution in [1.29, 1.82) is 0 Å². The summed E-state index contributed by atoms with van der Waals surface area (Å²) in [5.41, 5.74) is -0.278. The highest BCUT2D eigenvalue weighted by atomic mass is 16.5. The van der Waals surface area contributed by atoms with Crippen molar-refractivity contribution >= 4 is 11.8 Å². The third-order valence-corrected chi connectivity index (χ3v) is 3.67. The zero-order valence-corrected chi connectivity index (χ0v) is 14.2. The Balaban J connectivity index is 2.57. The van der Waals surface area contributed by atoms with Gasteiger partial charge in [0.25, 0.3) is 0 Å². The molecule has 2 amide bonds. The zero-order chi connectivity index (χ0) is 16.2. The second-order valence-corrected chi connectivity index (χ2v) is 7.34. The van der Waals surface area contributed by atoms with E-state index in [1.807, 2.05) is 20.8 Å². The SMILES string of the molecule is CC(C)COCCCN1C(=O)C(C(C)(C)C)NC(=O)C1C. The standard InChI is InChI=1S/C16H30N2O3/c1-11(2)10-21-9-7-8-18-12(3)14(19)17-13(15(18)20)16(4,5)6/h11-13H,7-10H2,1-6H3,(H,17,19). The molecule has 0 aromatic carbocycles. The summed E-state index contributed by atoms with van der Waals surface area (Å²) in [6, 6.07) is -0.848. The lowest BCUT2D eigenvalue weighted by Gasteiger charge is -2.42. The quantitative estimate of drug-likeness (QED) is 0.761. The number of ether oxygens (including phenoxy) is 1. The van der Waals surface area contributed by atoms with Gasteiger partial charge in [-0.15, -0.1) is 0 Å². The number of piperazine rings is 1. The molecule has 0 bridgehead atoms. The zero-order valence-electron chi connectivity index (χ0n) is 14.2. The van der Waals surface area contributed by atoms with Crippen LogP contribution >= 0.6 is 0 Å². The lowest BCUT2D eigenvalue weighted by molar-refractivity contribution is -0.151. The van der Waals surface area contributed by atoms with Crippen LogP contribution in [0.15, 0.2) is 0 Å². The fraction of sp³-hybridized carbons (Fsp3) is 0.875. The van der Waals surface area contributed by atoms with E-state index < -0.39 is 12.1 Å². The second-order valence-electron chi connectivity index (χ2n) is 7.34. The molecule has 2 unspecified atom stereocenters. The molecule has 1 heterocycles. The van der Waals surface area contributed by atoms with Gasteiger partial charge in [-0.3, -0.25) is 9.59 Å². The molecule has 5 nitrogen and oxygen atoms in total. The van der Waals surface area contributed by atoms with Crippen LogP contribution in [0.4, 0.5) is 0 Å². The van der Waals surface area contributed by atoms with Crippen molar-refractivity contribution in [3.63, 3.8) is 0 Å². The lowest BCUT2D eigenvalue weighted by atomic mass is 9.84. The molecular weight excluding hydrogens is 268 g/mol. The third-order valence-electron chi connectivity index (χ3n) is 3.67. The summed E-state index contributed by atoms with van der Waals surface area (Å²) < 4.78 is 5.54. The first-order valence-electron chi connectivity index (χ1n) is 7.83. The monoisotopic (exact) mass is 298 g/mol. The van der Waals surface area contributed by atoms with Gasteiger partial charge in [0.05, 0.1) is 0 Å². The lowest BCUT2D eigenvalue weighted by Crippen LogP contribution is -2.65. The molecule has 0 spiro atoms. The van der Waals surface area contributed by atoms with Crippen LogP contribution in [0.3, 0.4) is 0 Å². The van der Waals surface area contributed by atoms with Crippen LogP contribution in [-0.4, -0.2) is 48.6 Å². The number of amides is 2. The van der Waals surface area contributed by atoms with Crippen molar-refractivity contribution in [3.8, 4) is 0 Å². The van der Waals surface area contributed by atoms with Crippen molar-refractivity contribution in [2.45, 2.75) is 60.0 Å². The van der Waals surface area contributed by atoms with Crippen molar-refractivity contribution < 1.29 is 14.3 Å². The Labute approximate surface area is 128 Å². The van der Waals surface area contributed by atoms with E-state index in [0.29, 0.717) is 19.1 Å². The van der Waals surface area contributed by atoms with Gasteiger partial charge in [-0.1, -0.05) is 34.6 Å².